The molecule has 0 radical (unpaired) electrons. The number of ether oxygens (including phenoxy) is 1. The largest absolute Gasteiger partial charge is 0.407 e. The molecule has 1 aliphatic rings. The minimum absolute atomic E-state index is 0.0334. The zero-order valence-electron chi connectivity index (χ0n) is 8.84. The van der Waals surface area contributed by atoms with Gasteiger partial charge in [-0.05, 0) is 19.1 Å². The van der Waals surface area contributed by atoms with Crippen LogP contribution < -0.4 is 0 Å². The van der Waals surface area contributed by atoms with Crippen LogP contribution in [0.2, 0.25) is 0 Å². The number of carbonyl (C=O) groups is 2. The van der Waals surface area contributed by atoms with Crippen LogP contribution in [-0.2, 0) is 14.3 Å². The Morgan fingerprint density at radius 1 is 1.38 bits per heavy atom. The van der Waals surface area contributed by atoms with Crippen LogP contribution >= 0.6 is 0 Å². The molecule has 0 aromatic heterocycles. The van der Waals surface area contributed by atoms with Crippen LogP contribution in [0.4, 0.5) is 0 Å². The molecule has 1 aromatic rings. The lowest BCUT2D eigenvalue weighted by Crippen LogP contribution is -2.30. The van der Waals surface area contributed by atoms with Crippen molar-refractivity contribution in [2.45, 2.75) is 19.4 Å². The number of nitrogens with zero attached hydrogens (tertiary/aromatic N) is 1. The van der Waals surface area contributed by atoms with E-state index in [1.165, 1.54) is 6.92 Å². The average Bonchev–Trinajstić information content (AvgIpc) is 2.29. The summed E-state index contributed by atoms with van der Waals surface area (Å²) in [6.45, 7) is 1.43. The molecule has 0 aliphatic carbocycles. The van der Waals surface area contributed by atoms with Gasteiger partial charge in [0.2, 0.25) is 5.90 Å². The van der Waals surface area contributed by atoms with E-state index in [-0.39, 0.29) is 18.1 Å². The summed E-state index contributed by atoms with van der Waals surface area (Å²) in [5.74, 6) is -0.295. The highest BCUT2D eigenvalue weighted by Gasteiger charge is 2.26. The van der Waals surface area contributed by atoms with Crippen molar-refractivity contribution in [1.29, 1.82) is 0 Å². The molecule has 1 atom stereocenters. The minimum atomic E-state index is -0.601. The Labute approximate surface area is 92.9 Å². The molecule has 0 bridgehead atoms. The fraction of sp³-hybridized carbons (Fsp3) is 0.250. The summed E-state index contributed by atoms with van der Waals surface area (Å²) in [5.41, 5.74) is 0.710. The quantitative estimate of drug-likeness (QED) is 0.702. The molecule has 16 heavy (non-hydrogen) atoms. The van der Waals surface area contributed by atoms with E-state index in [2.05, 4.69) is 4.99 Å². The number of Topliss-reactive ketones (excluding diaryl/α,β-unsaturated/α-hetero) is 1. The van der Waals surface area contributed by atoms with Crippen LogP contribution in [0.15, 0.2) is 35.3 Å². The van der Waals surface area contributed by atoms with E-state index in [9.17, 15) is 9.59 Å². The van der Waals surface area contributed by atoms with Crippen molar-refractivity contribution in [3.05, 3.63) is 35.9 Å². The maximum atomic E-state index is 11.3. The smallest absolute Gasteiger partial charge is 0.315 e. The van der Waals surface area contributed by atoms with E-state index in [0.717, 1.165) is 0 Å². The molecule has 0 spiro atoms. The van der Waals surface area contributed by atoms with Gasteiger partial charge in [0.25, 0.3) is 0 Å². The topological polar surface area (TPSA) is 55.7 Å². The third-order valence-corrected chi connectivity index (χ3v) is 2.33. The highest BCUT2D eigenvalue weighted by Crippen LogP contribution is 2.14. The second-order valence-electron chi connectivity index (χ2n) is 3.60. The van der Waals surface area contributed by atoms with Crippen molar-refractivity contribution in [2.75, 3.05) is 0 Å². The van der Waals surface area contributed by atoms with Gasteiger partial charge in [0.05, 0.1) is 6.42 Å². The van der Waals surface area contributed by atoms with Crippen LogP contribution in [0, 0.1) is 0 Å². The minimum Gasteiger partial charge on any atom is -0.407 e. The molecule has 82 valence electrons. The standard InChI is InChI=1S/C12H11NO3/c1-8(14)10-7-11(15)16-12(13-10)9-5-3-2-4-6-9/h2-6,10H,7H2,1H3/t10-/m0/s1. The molecule has 0 unspecified atom stereocenters. The molecule has 0 fully saturated rings. The molecule has 4 nitrogen and oxygen atoms in total. The van der Waals surface area contributed by atoms with Crippen LogP contribution in [-0.4, -0.2) is 23.7 Å². The van der Waals surface area contributed by atoms with Gasteiger partial charge in [-0.15, -0.1) is 0 Å². The van der Waals surface area contributed by atoms with Crippen LogP contribution in [0.5, 0.6) is 0 Å². The summed E-state index contributed by atoms with van der Waals surface area (Å²) in [4.78, 5) is 26.6. The van der Waals surface area contributed by atoms with Crippen molar-refractivity contribution in [3.8, 4) is 0 Å². The molecule has 4 heteroatoms. The maximum absolute atomic E-state index is 11.3. The lowest BCUT2D eigenvalue weighted by atomic mass is 10.1. The van der Waals surface area contributed by atoms with Gasteiger partial charge in [-0.2, -0.15) is 0 Å². The fourth-order valence-corrected chi connectivity index (χ4v) is 1.47. The van der Waals surface area contributed by atoms with E-state index in [4.69, 9.17) is 4.74 Å². The number of ketones is 1. The molecule has 0 saturated heterocycles. The number of aliphatic imine (C=N–C) groups is 1. The summed E-state index contributed by atoms with van der Waals surface area (Å²) in [6.07, 6.45) is 0.0334. The molecule has 1 aromatic carbocycles. The van der Waals surface area contributed by atoms with E-state index >= 15 is 0 Å². The summed E-state index contributed by atoms with van der Waals surface area (Å²) >= 11 is 0. The van der Waals surface area contributed by atoms with Gasteiger partial charge >= 0.3 is 5.97 Å². The van der Waals surface area contributed by atoms with E-state index < -0.39 is 12.0 Å². The van der Waals surface area contributed by atoms with Crippen molar-refractivity contribution < 1.29 is 14.3 Å². The predicted molar refractivity (Wildman–Crippen MR) is 58.2 cm³/mol. The third-order valence-electron chi connectivity index (χ3n) is 2.33. The van der Waals surface area contributed by atoms with Gasteiger partial charge in [-0.1, -0.05) is 18.2 Å². The number of hydrogen-bond acceptors (Lipinski definition) is 4. The molecule has 1 aliphatic heterocycles. The van der Waals surface area contributed by atoms with E-state index in [0.29, 0.717) is 5.56 Å². The molecule has 1 heterocycles. The van der Waals surface area contributed by atoms with Gasteiger partial charge in [0.1, 0.15) is 6.04 Å². The summed E-state index contributed by atoms with van der Waals surface area (Å²) in [5, 5.41) is 0. The number of rotatable bonds is 2. The first-order valence-electron chi connectivity index (χ1n) is 5.01. The fourth-order valence-electron chi connectivity index (χ4n) is 1.47. The number of cyclic esters (lactones) is 1. The van der Waals surface area contributed by atoms with Gasteiger partial charge in [0, 0.05) is 5.56 Å². The molecule has 0 amide bonds. The molecule has 2 rings (SSSR count). The second kappa shape index (κ2) is 4.26. The van der Waals surface area contributed by atoms with Gasteiger partial charge in [0.15, 0.2) is 5.78 Å². The SMILES string of the molecule is CC(=O)[C@@H]1CC(=O)OC(c2ccccc2)=N1. The zero-order chi connectivity index (χ0) is 11.5. The number of hydrogen-bond donors (Lipinski definition) is 0. The Morgan fingerprint density at radius 3 is 2.69 bits per heavy atom. The molecule has 0 saturated carbocycles. The summed E-state index contributed by atoms with van der Waals surface area (Å²) < 4.78 is 5.01. The number of esters is 1. The average molecular weight is 217 g/mol. The number of benzene rings is 1. The van der Waals surface area contributed by atoms with Crippen LogP contribution in [0.25, 0.3) is 0 Å². The zero-order valence-corrected chi connectivity index (χ0v) is 8.84. The van der Waals surface area contributed by atoms with Crippen LogP contribution in [0.3, 0.4) is 0 Å². The Hall–Kier alpha value is -1.97. The summed E-state index contributed by atoms with van der Waals surface area (Å²) in [7, 11) is 0. The predicted octanol–water partition coefficient (Wildman–Crippen LogP) is 1.34. The van der Waals surface area contributed by atoms with Crippen molar-refractivity contribution in [2.24, 2.45) is 4.99 Å². The normalized spacial score (nSPS) is 19.9. The second-order valence-corrected chi connectivity index (χ2v) is 3.60. The van der Waals surface area contributed by atoms with Gasteiger partial charge < -0.3 is 4.74 Å². The molecular formula is C12H11NO3. The Kier molecular flexibility index (Phi) is 2.81. The third kappa shape index (κ3) is 2.16. The highest BCUT2D eigenvalue weighted by atomic mass is 16.5. The highest BCUT2D eigenvalue weighted by molar-refractivity contribution is 6.04. The Balaban J connectivity index is 2.33. The lowest BCUT2D eigenvalue weighted by Gasteiger charge is -2.17. The first-order chi connectivity index (χ1) is 7.66. The molecule has 0 N–H and O–H groups in total. The Morgan fingerprint density at radius 2 is 2.06 bits per heavy atom. The van der Waals surface area contributed by atoms with Crippen molar-refractivity contribution in [3.63, 3.8) is 0 Å². The van der Waals surface area contributed by atoms with E-state index in [1.807, 2.05) is 18.2 Å². The summed E-state index contributed by atoms with van der Waals surface area (Å²) in [6, 6.07) is 8.48. The maximum Gasteiger partial charge on any atom is 0.315 e. The van der Waals surface area contributed by atoms with E-state index in [1.54, 1.807) is 12.1 Å². The lowest BCUT2D eigenvalue weighted by molar-refractivity contribution is -0.138. The first-order valence-corrected chi connectivity index (χ1v) is 5.01. The van der Waals surface area contributed by atoms with Crippen molar-refractivity contribution >= 4 is 17.7 Å². The van der Waals surface area contributed by atoms with Gasteiger partial charge in [-0.25, -0.2) is 4.99 Å². The monoisotopic (exact) mass is 217 g/mol. The molecular weight excluding hydrogens is 206 g/mol. The Bertz CT molecular complexity index is 451. The number of carbonyl (C=O) groups excluding carboxylic acids is 2. The van der Waals surface area contributed by atoms with Crippen molar-refractivity contribution in [1.82, 2.24) is 0 Å². The van der Waals surface area contributed by atoms with Gasteiger partial charge in [-0.3, -0.25) is 9.59 Å². The first kappa shape index (κ1) is 10.5. The van der Waals surface area contributed by atoms with Crippen LogP contribution in [0.1, 0.15) is 18.9 Å².